The van der Waals surface area contributed by atoms with Gasteiger partial charge in [0.25, 0.3) is 0 Å². The number of aromatic nitrogens is 1. The van der Waals surface area contributed by atoms with Crippen LogP contribution in [0.5, 0.6) is 0 Å². The Morgan fingerprint density at radius 3 is 2.76 bits per heavy atom. The van der Waals surface area contributed by atoms with Gasteiger partial charge in [-0.3, -0.25) is 9.78 Å². The molecule has 110 valence electrons. The molecular weight excluding hydrogens is 271 g/mol. The average Bonchev–Trinajstić information content (AvgIpc) is 2.48. The third-order valence-electron chi connectivity index (χ3n) is 4.07. The molecule has 2 heterocycles. The second kappa shape index (κ2) is 5.20. The Labute approximate surface area is 121 Å². The molecule has 4 N–H and O–H groups in total. The SMILES string of the molecule is NC(=O)C1CCN(c2c(F)cc(N)c3cccnc23)CC1. The van der Waals surface area contributed by atoms with Gasteiger partial charge < -0.3 is 16.4 Å². The lowest BCUT2D eigenvalue weighted by Gasteiger charge is -2.33. The quantitative estimate of drug-likeness (QED) is 0.823. The number of halogens is 1. The lowest BCUT2D eigenvalue weighted by atomic mass is 9.95. The van der Waals surface area contributed by atoms with Crippen molar-refractivity contribution in [2.45, 2.75) is 12.8 Å². The van der Waals surface area contributed by atoms with Crippen molar-refractivity contribution >= 4 is 28.2 Å². The van der Waals surface area contributed by atoms with Gasteiger partial charge in [-0.2, -0.15) is 0 Å². The molecule has 0 bridgehead atoms. The summed E-state index contributed by atoms with van der Waals surface area (Å²) in [5, 5.41) is 0.742. The summed E-state index contributed by atoms with van der Waals surface area (Å²) in [6.07, 6.45) is 2.89. The van der Waals surface area contributed by atoms with Gasteiger partial charge >= 0.3 is 0 Å². The predicted octanol–water partition coefficient (Wildman–Crippen LogP) is 1.66. The number of anilines is 2. The minimum atomic E-state index is -0.378. The van der Waals surface area contributed by atoms with E-state index in [2.05, 4.69) is 4.98 Å². The lowest BCUT2D eigenvalue weighted by Crippen LogP contribution is -2.39. The Kier molecular flexibility index (Phi) is 3.37. The zero-order chi connectivity index (χ0) is 15.0. The molecule has 5 nitrogen and oxygen atoms in total. The molecule has 1 aliphatic rings. The number of pyridine rings is 1. The van der Waals surface area contributed by atoms with Crippen molar-refractivity contribution in [2.24, 2.45) is 11.7 Å². The molecule has 0 aliphatic carbocycles. The number of primary amides is 1. The van der Waals surface area contributed by atoms with Gasteiger partial charge in [-0.25, -0.2) is 4.39 Å². The summed E-state index contributed by atoms with van der Waals surface area (Å²) in [4.78, 5) is 17.4. The molecule has 0 unspecified atom stereocenters. The van der Waals surface area contributed by atoms with Gasteiger partial charge in [0.05, 0.1) is 11.2 Å². The lowest BCUT2D eigenvalue weighted by molar-refractivity contribution is -0.122. The van der Waals surface area contributed by atoms with Crippen molar-refractivity contribution in [1.29, 1.82) is 0 Å². The van der Waals surface area contributed by atoms with Gasteiger partial charge in [-0.05, 0) is 31.0 Å². The molecule has 2 aromatic rings. The van der Waals surface area contributed by atoms with E-state index in [0.29, 0.717) is 42.8 Å². The van der Waals surface area contributed by atoms with Gasteiger partial charge in [-0.1, -0.05) is 0 Å². The van der Waals surface area contributed by atoms with Gasteiger partial charge in [-0.15, -0.1) is 0 Å². The molecule has 1 fully saturated rings. The second-order valence-electron chi connectivity index (χ2n) is 5.36. The van der Waals surface area contributed by atoms with Gasteiger partial charge in [0.1, 0.15) is 0 Å². The number of nitrogen functional groups attached to an aromatic ring is 1. The predicted molar refractivity (Wildman–Crippen MR) is 80.2 cm³/mol. The number of nitrogens with zero attached hydrogens (tertiary/aromatic N) is 2. The van der Waals surface area contributed by atoms with E-state index in [-0.39, 0.29) is 17.6 Å². The molecular formula is C15H17FN4O. The van der Waals surface area contributed by atoms with Crippen LogP contribution in [0.3, 0.4) is 0 Å². The molecule has 6 heteroatoms. The Balaban J connectivity index is 2.00. The Morgan fingerprint density at radius 1 is 1.38 bits per heavy atom. The highest BCUT2D eigenvalue weighted by Gasteiger charge is 2.26. The standard InChI is InChI=1S/C15H17FN4O/c16-11-8-12(17)10-2-1-5-19-13(10)14(11)20-6-3-9(4-7-20)15(18)21/h1-2,5,8-9H,3-4,6-7,17H2,(H2,18,21). The largest absolute Gasteiger partial charge is 0.398 e. The van der Waals surface area contributed by atoms with Crippen LogP contribution in [0.2, 0.25) is 0 Å². The molecule has 0 radical (unpaired) electrons. The minimum Gasteiger partial charge on any atom is -0.398 e. The first kappa shape index (κ1) is 13.6. The highest BCUT2D eigenvalue weighted by molar-refractivity contribution is 5.99. The number of carbonyl (C=O) groups excluding carboxylic acids is 1. The topological polar surface area (TPSA) is 85.2 Å². The van der Waals surface area contributed by atoms with E-state index in [1.807, 2.05) is 11.0 Å². The minimum absolute atomic E-state index is 0.127. The first-order valence-electron chi connectivity index (χ1n) is 6.95. The molecule has 1 saturated heterocycles. The summed E-state index contributed by atoms with van der Waals surface area (Å²) in [7, 11) is 0. The molecule has 1 aliphatic heterocycles. The number of nitrogens with two attached hydrogens (primary N) is 2. The Hall–Kier alpha value is -2.37. The summed E-state index contributed by atoms with van der Waals surface area (Å²) < 4.78 is 14.4. The Morgan fingerprint density at radius 2 is 2.10 bits per heavy atom. The third-order valence-corrected chi connectivity index (χ3v) is 4.07. The maximum Gasteiger partial charge on any atom is 0.220 e. The van der Waals surface area contributed by atoms with Crippen molar-refractivity contribution < 1.29 is 9.18 Å². The zero-order valence-electron chi connectivity index (χ0n) is 11.6. The highest BCUT2D eigenvalue weighted by atomic mass is 19.1. The van der Waals surface area contributed by atoms with E-state index >= 15 is 0 Å². The van der Waals surface area contributed by atoms with Gasteiger partial charge in [0.2, 0.25) is 5.91 Å². The van der Waals surface area contributed by atoms with E-state index in [9.17, 15) is 9.18 Å². The first-order chi connectivity index (χ1) is 10.1. The normalized spacial score (nSPS) is 16.3. The molecule has 3 rings (SSSR count). The van der Waals surface area contributed by atoms with Crippen LogP contribution in [0.25, 0.3) is 10.9 Å². The van der Waals surface area contributed by atoms with Crippen LogP contribution < -0.4 is 16.4 Å². The zero-order valence-corrected chi connectivity index (χ0v) is 11.6. The Bertz CT molecular complexity index is 695. The number of rotatable bonds is 2. The van der Waals surface area contributed by atoms with Crippen LogP contribution in [-0.4, -0.2) is 24.0 Å². The fourth-order valence-corrected chi connectivity index (χ4v) is 2.91. The van der Waals surface area contributed by atoms with Crippen LogP contribution in [0.1, 0.15) is 12.8 Å². The molecule has 21 heavy (non-hydrogen) atoms. The number of piperidine rings is 1. The monoisotopic (exact) mass is 288 g/mol. The molecule has 0 spiro atoms. The third kappa shape index (κ3) is 2.37. The molecule has 1 amide bonds. The maximum absolute atomic E-state index is 14.4. The van der Waals surface area contributed by atoms with Crippen molar-refractivity contribution in [3.05, 3.63) is 30.2 Å². The number of hydrogen-bond donors (Lipinski definition) is 2. The summed E-state index contributed by atoms with van der Waals surface area (Å²) in [5.41, 5.74) is 12.6. The molecule has 0 atom stereocenters. The van der Waals surface area contributed by atoms with E-state index in [0.717, 1.165) is 5.39 Å². The van der Waals surface area contributed by atoms with Crippen LogP contribution in [0.15, 0.2) is 24.4 Å². The number of hydrogen-bond acceptors (Lipinski definition) is 4. The smallest absolute Gasteiger partial charge is 0.220 e. The maximum atomic E-state index is 14.4. The van der Waals surface area contributed by atoms with E-state index < -0.39 is 0 Å². The fraction of sp³-hybridized carbons (Fsp3) is 0.333. The van der Waals surface area contributed by atoms with Crippen LogP contribution >= 0.6 is 0 Å². The van der Waals surface area contributed by atoms with Crippen molar-refractivity contribution in [3.8, 4) is 0 Å². The molecule has 0 saturated carbocycles. The number of fused-ring (bicyclic) bond motifs is 1. The van der Waals surface area contributed by atoms with Crippen molar-refractivity contribution in [1.82, 2.24) is 4.98 Å². The van der Waals surface area contributed by atoms with Gasteiger partial charge in [0.15, 0.2) is 5.82 Å². The first-order valence-corrected chi connectivity index (χ1v) is 6.95. The van der Waals surface area contributed by atoms with Crippen molar-refractivity contribution in [2.75, 3.05) is 23.7 Å². The number of amides is 1. The molecule has 1 aromatic carbocycles. The summed E-state index contributed by atoms with van der Waals surface area (Å²) in [6.45, 7) is 1.17. The summed E-state index contributed by atoms with van der Waals surface area (Å²) >= 11 is 0. The number of carbonyl (C=O) groups is 1. The van der Waals surface area contributed by atoms with Crippen LogP contribution in [0.4, 0.5) is 15.8 Å². The van der Waals surface area contributed by atoms with Crippen LogP contribution in [0, 0.1) is 11.7 Å². The fourth-order valence-electron chi connectivity index (χ4n) is 2.91. The van der Waals surface area contributed by atoms with E-state index in [1.54, 1.807) is 12.3 Å². The molecule has 1 aromatic heterocycles. The second-order valence-corrected chi connectivity index (χ2v) is 5.36. The summed E-state index contributed by atoms with van der Waals surface area (Å²) in [5.74, 6) is -0.788. The van der Waals surface area contributed by atoms with E-state index in [4.69, 9.17) is 11.5 Å². The summed E-state index contributed by atoms with van der Waals surface area (Å²) in [6, 6.07) is 4.94. The average molecular weight is 288 g/mol. The van der Waals surface area contributed by atoms with E-state index in [1.165, 1.54) is 6.07 Å². The van der Waals surface area contributed by atoms with Crippen LogP contribution in [-0.2, 0) is 4.79 Å². The van der Waals surface area contributed by atoms with Gasteiger partial charge in [0, 0.05) is 36.3 Å². The highest BCUT2D eigenvalue weighted by Crippen LogP contribution is 2.34. The number of benzene rings is 1. The van der Waals surface area contributed by atoms with Crippen molar-refractivity contribution in [3.63, 3.8) is 0 Å².